The van der Waals surface area contributed by atoms with E-state index in [-0.39, 0.29) is 5.41 Å². The highest BCUT2D eigenvalue weighted by Crippen LogP contribution is 2.46. The molecule has 0 amide bonds. The minimum atomic E-state index is 0.278. The van der Waals surface area contributed by atoms with Gasteiger partial charge in [-0.2, -0.15) is 0 Å². The molecule has 144 valence electrons. The van der Waals surface area contributed by atoms with E-state index in [2.05, 4.69) is 65.8 Å². The summed E-state index contributed by atoms with van der Waals surface area (Å²) < 4.78 is 0. The molecule has 0 nitrogen and oxygen atoms in total. The normalized spacial score (nSPS) is 15.6. The highest BCUT2D eigenvalue weighted by Gasteiger charge is 2.31. The molecule has 2 aliphatic carbocycles. The van der Waals surface area contributed by atoms with Crippen LogP contribution in [-0.4, -0.2) is 0 Å². The lowest BCUT2D eigenvalue weighted by atomic mass is 9.69. The minimum Gasteiger partial charge on any atom is -0.0646 e. The van der Waals surface area contributed by atoms with Crippen molar-refractivity contribution in [2.45, 2.75) is 97.3 Å². The lowest BCUT2D eigenvalue weighted by molar-refractivity contribution is 0.438. The highest BCUT2D eigenvalue weighted by atomic mass is 14.4. The van der Waals surface area contributed by atoms with Crippen molar-refractivity contribution in [3.05, 3.63) is 57.6 Å². The number of benzene rings is 2. The second kappa shape index (κ2) is 6.50. The quantitative estimate of drug-likeness (QED) is 0.524. The van der Waals surface area contributed by atoms with E-state index in [1.54, 1.807) is 44.5 Å². The van der Waals surface area contributed by atoms with Crippen LogP contribution in [0.5, 0.6) is 0 Å². The van der Waals surface area contributed by atoms with Gasteiger partial charge >= 0.3 is 0 Å². The summed E-state index contributed by atoms with van der Waals surface area (Å²) in [5.41, 5.74) is 13.4. The molecule has 0 aromatic heterocycles. The molecule has 0 atom stereocenters. The third-order valence-electron chi connectivity index (χ3n) is 8.10. The van der Waals surface area contributed by atoms with Crippen LogP contribution in [0.1, 0.15) is 94.2 Å². The molecule has 0 heteroatoms. The maximum atomic E-state index is 2.56. The number of rotatable bonds is 5. The summed E-state index contributed by atoms with van der Waals surface area (Å²) in [4.78, 5) is 0. The van der Waals surface area contributed by atoms with E-state index in [9.17, 15) is 0 Å². The van der Waals surface area contributed by atoms with Gasteiger partial charge < -0.3 is 0 Å². The van der Waals surface area contributed by atoms with E-state index in [0.717, 1.165) is 0 Å². The third kappa shape index (κ3) is 2.87. The van der Waals surface area contributed by atoms with Crippen molar-refractivity contribution in [3.63, 3.8) is 0 Å². The first kappa shape index (κ1) is 18.8. The van der Waals surface area contributed by atoms with Crippen LogP contribution in [0.4, 0.5) is 0 Å². The molecule has 0 aliphatic heterocycles. The third-order valence-corrected chi connectivity index (χ3v) is 8.10. The van der Waals surface area contributed by atoms with E-state index < -0.39 is 0 Å². The minimum absolute atomic E-state index is 0.278. The number of aryl methyl sites for hydroxylation is 4. The first-order valence-corrected chi connectivity index (χ1v) is 11.2. The molecular formula is C27H36. The molecule has 0 spiro atoms. The van der Waals surface area contributed by atoms with Gasteiger partial charge in [-0.1, -0.05) is 65.8 Å². The molecule has 0 unspecified atom stereocenters. The van der Waals surface area contributed by atoms with Gasteiger partial charge in [-0.3, -0.25) is 0 Å². The molecule has 2 aromatic rings. The standard InChI is InChI=1S/C27H36/c1-7-26(4,5)22-14-18-10-12-20-16-23(27(6,8-2)9-3)17-21-13-11-19(15-22)24(18)25(20)21/h14-17H,7-13H2,1-6H3. The fourth-order valence-corrected chi connectivity index (χ4v) is 5.11. The van der Waals surface area contributed by atoms with Crippen molar-refractivity contribution in [3.8, 4) is 11.1 Å². The van der Waals surface area contributed by atoms with Crippen molar-refractivity contribution in [2.75, 3.05) is 0 Å². The lowest BCUT2D eigenvalue weighted by Crippen LogP contribution is -2.23. The van der Waals surface area contributed by atoms with Crippen molar-refractivity contribution in [1.82, 2.24) is 0 Å². The van der Waals surface area contributed by atoms with Crippen LogP contribution in [0.3, 0.4) is 0 Å². The zero-order valence-corrected chi connectivity index (χ0v) is 18.3. The van der Waals surface area contributed by atoms with Crippen LogP contribution in [0.15, 0.2) is 24.3 Å². The van der Waals surface area contributed by atoms with Crippen molar-refractivity contribution in [2.24, 2.45) is 0 Å². The second-order valence-electron chi connectivity index (χ2n) is 9.84. The van der Waals surface area contributed by atoms with Crippen LogP contribution in [0, 0.1) is 0 Å². The fraction of sp³-hybridized carbons (Fsp3) is 0.556. The molecule has 0 saturated carbocycles. The summed E-state index contributed by atoms with van der Waals surface area (Å²) in [6, 6.07) is 10.2. The first-order valence-electron chi connectivity index (χ1n) is 11.2. The lowest BCUT2D eigenvalue weighted by Gasteiger charge is -2.35. The zero-order chi connectivity index (χ0) is 19.4. The Balaban J connectivity index is 1.89. The van der Waals surface area contributed by atoms with E-state index in [1.807, 2.05) is 0 Å². The second-order valence-corrected chi connectivity index (χ2v) is 9.84. The SMILES string of the molecule is CCC(C)(C)c1cc2c3c(c1)CCc1cc(C(C)(CC)CC)cc(c1-3)CC2. The highest BCUT2D eigenvalue weighted by molar-refractivity contribution is 5.81. The Morgan fingerprint density at radius 1 is 0.593 bits per heavy atom. The van der Waals surface area contributed by atoms with Gasteiger partial charge in [0.15, 0.2) is 0 Å². The Bertz CT molecular complexity index is 827. The summed E-state index contributed by atoms with van der Waals surface area (Å²) in [5.74, 6) is 0. The van der Waals surface area contributed by atoms with Gasteiger partial charge in [0.05, 0.1) is 0 Å². The van der Waals surface area contributed by atoms with Gasteiger partial charge in [-0.25, -0.2) is 0 Å². The number of hydrogen-bond donors (Lipinski definition) is 0. The monoisotopic (exact) mass is 360 g/mol. The van der Waals surface area contributed by atoms with E-state index in [0.29, 0.717) is 5.41 Å². The molecule has 0 radical (unpaired) electrons. The molecule has 27 heavy (non-hydrogen) atoms. The molecular weight excluding hydrogens is 324 g/mol. The summed E-state index contributed by atoms with van der Waals surface area (Å²) in [6.07, 6.45) is 8.48. The predicted molar refractivity (Wildman–Crippen MR) is 118 cm³/mol. The van der Waals surface area contributed by atoms with Crippen LogP contribution >= 0.6 is 0 Å². The van der Waals surface area contributed by atoms with Crippen LogP contribution < -0.4 is 0 Å². The van der Waals surface area contributed by atoms with Crippen LogP contribution in [-0.2, 0) is 36.5 Å². The summed E-state index contributed by atoms with van der Waals surface area (Å²) in [7, 11) is 0. The van der Waals surface area contributed by atoms with Crippen LogP contribution in [0.25, 0.3) is 11.1 Å². The van der Waals surface area contributed by atoms with Gasteiger partial charge in [-0.15, -0.1) is 0 Å². The zero-order valence-electron chi connectivity index (χ0n) is 18.3. The maximum Gasteiger partial charge on any atom is -0.00803 e. The smallest absolute Gasteiger partial charge is 0.00803 e. The Morgan fingerprint density at radius 3 is 1.30 bits per heavy atom. The average molecular weight is 361 g/mol. The molecule has 4 rings (SSSR count). The average Bonchev–Trinajstić information content (AvgIpc) is 2.70. The summed E-state index contributed by atoms with van der Waals surface area (Å²) in [6.45, 7) is 14.3. The molecule has 0 heterocycles. The van der Waals surface area contributed by atoms with Crippen molar-refractivity contribution < 1.29 is 0 Å². The largest absolute Gasteiger partial charge is 0.0646 e. The Morgan fingerprint density at radius 2 is 0.963 bits per heavy atom. The predicted octanol–water partition coefficient (Wildman–Crippen LogP) is 7.32. The Hall–Kier alpha value is -1.56. The van der Waals surface area contributed by atoms with Crippen molar-refractivity contribution in [1.29, 1.82) is 0 Å². The fourth-order valence-electron chi connectivity index (χ4n) is 5.11. The Labute approximate surface area is 166 Å². The van der Waals surface area contributed by atoms with Gasteiger partial charge in [0, 0.05) is 0 Å². The van der Waals surface area contributed by atoms with Gasteiger partial charge in [0.25, 0.3) is 0 Å². The van der Waals surface area contributed by atoms with Crippen LogP contribution in [0.2, 0.25) is 0 Å². The van der Waals surface area contributed by atoms with Crippen molar-refractivity contribution >= 4 is 0 Å². The summed E-state index contributed by atoms with van der Waals surface area (Å²) >= 11 is 0. The van der Waals surface area contributed by atoms with Gasteiger partial charge in [-0.05, 0) is 100 Å². The molecule has 0 saturated heterocycles. The molecule has 2 aliphatic rings. The molecule has 0 N–H and O–H groups in total. The van der Waals surface area contributed by atoms with E-state index in [1.165, 1.54) is 44.9 Å². The van der Waals surface area contributed by atoms with E-state index >= 15 is 0 Å². The van der Waals surface area contributed by atoms with Gasteiger partial charge in [0.1, 0.15) is 0 Å². The molecule has 0 fully saturated rings. The maximum absolute atomic E-state index is 2.56. The van der Waals surface area contributed by atoms with Gasteiger partial charge in [0.2, 0.25) is 0 Å². The summed E-state index contributed by atoms with van der Waals surface area (Å²) in [5, 5.41) is 0. The number of hydrogen-bond acceptors (Lipinski definition) is 0. The first-order chi connectivity index (χ1) is 12.8. The molecule has 2 aromatic carbocycles. The molecule has 0 bridgehead atoms. The van der Waals surface area contributed by atoms with E-state index in [4.69, 9.17) is 0 Å². The topological polar surface area (TPSA) is 0 Å². The Kier molecular flexibility index (Phi) is 4.53.